The minimum absolute atomic E-state index is 0.120. The summed E-state index contributed by atoms with van der Waals surface area (Å²) < 4.78 is 38.9. The minimum Gasteiger partial charge on any atom is -0.261 e. The highest BCUT2D eigenvalue weighted by molar-refractivity contribution is 5.77. The van der Waals surface area contributed by atoms with Crippen molar-refractivity contribution in [3.8, 4) is 0 Å². The maximum Gasteiger partial charge on any atom is 0.135 e. The molecule has 1 atom stereocenters. The van der Waals surface area contributed by atoms with Gasteiger partial charge in [0, 0.05) is 24.3 Å². The van der Waals surface area contributed by atoms with Crippen LogP contribution in [0.3, 0.4) is 0 Å². The van der Waals surface area contributed by atoms with Crippen LogP contribution in [0.25, 0.3) is 5.70 Å². The lowest BCUT2D eigenvalue weighted by Gasteiger charge is -2.10. The Morgan fingerprint density at radius 2 is 2.07 bits per heavy atom. The first-order chi connectivity index (χ1) is 7.16. The normalized spacial score (nSPS) is 20.2. The Hall–Kier alpha value is -1.58. The topological polar surface area (TPSA) is 12.4 Å². The van der Waals surface area contributed by atoms with Crippen LogP contribution in [0.4, 0.5) is 13.2 Å². The lowest BCUT2D eigenvalue weighted by molar-refractivity contribution is 0.412. The molecule has 0 radical (unpaired) electrons. The van der Waals surface area contributed by atoms with E-state index in [1.807, 2.05) is 0 Å². The van der Waals surface area contributed by atoms with Crippen LogP contribution < -0.4 is 0 Å². The van der Waals surface area contributed by atoms with Gasteiger partial charge in [0.1, 0.15) is 17.8 Å². The van der Waals surface area contributed by atoms with Gasteiger partial charge in [-0.05, 0) is 18.2 Å². The van der Waals surface area contributed by atoms with Crippen molar-refractivity contribution < 1.29 is 13.2 Å². The summed E-state index contributed by atoms with van der Waals surface area (Å²) in [4.78, 5) is 3.87. The Labute approximate surface area is 85.0 Å². The summed E-state index contributed by atoms with van der Waals surface area (Å²) in [5.41, 5.74) is 0.334. The van der Waals surface area contributed by atoms with Crippen molar-refractivity contribution >= 4 is 11.9 Å². The molecule has 78 valence electrons. The summed E-state index contributed by atoms with van der Waals surface area (Å²) in [6.45, 7) is 0. The molecule has 1 nitrogen and oxygen atoms in total. The van der Waals surface area contributed by atoms with Crippen molar-refractivity contribution in [1.82, 2.24) is 0 Å². The maximum absolute atomic E-state index is 13.3. The molecule has 4 heteroatoms. The molecule has 0 fully saturated rings. The molecular weight excluding hydrogens is 203 g/mol. The molecule has 0 aliphatic carbocycles. The molecule has 15 heavy (non-hydrogen) atoms. The molecular formula is C11H8F3N. The maximum atomic E-state index is 13.3. The third-order valence-corrected chi connectivity index (χ3v) is 2.11. The molecule has 0 spiro atoms. The number of aliphatic imine (C=N–C) groups is 1. The van der Waals surface area contributed by atoms with Crippen LogP contribution in [0.1, 0.15) is 12.0 Å². The number of rotatable bonds is 1. The first-order valence-corrected chi connectivity index (χ1v) is 4.50. The SMILES string of the molecule is Fc1ccc(C2=CC(F)CC=N2)c(F)c1. The zero-order chi connectivity index (χ0) is 10.8. The van der Waals surface area contributed by atoms with E-state index in [-0.39, 0.29) is 17.7 Å². The molecule has 1 aromatic rings. The van der Waals surface area contributed by atoms with Crippen molar-refractivity contribution in [2.24, 2.45) is 4.99 Å². The van der Waals surface area contributed by atoms with E-state index in [0.29, 0.717) is 0 Å². The quantitative estimate of drug-likeness (QED) is 0.676. The zero-order valence-electron chi connectivity index (χ0n) is 7.75. The summed E-state index contributed by atoms with van der Waals surface area (Å²) in [5.74, 6) is -1.39. The van der Waals surface area contributed by atoms with Crippen LogP contribution in [-0.4, -0.2) is 12.4 Å². The van der Waals surface area contributed by atoms with Crippen LogP contribution in [0.2, 0.25) is 0 Å². The van der Waals surface area contributed by atoms with Gasteiger partial charge in [-0.3, -0.25) is 4.99 Å². The third-order valence-electron chi connectivity index (χ3n) is 2.11. The van der Waals surface area contributed by atoms with E-state index >= 15 is 0 Å². The van der Waals surface area contributed by atoms with Gasteiger partial charge in [-0.1, -0.05) is 0 Å². The van der Waals surface area contributed by atoms with Crippen LogP contribution in [0, 0.1) is 11.6 Å². The summed E-state index contributed by atoms with van der Waals surface area (Å²) in [7, 11) is 0. The fourth-order valence-electron chi connectivity index (χ4n) is 1.39. The van der Waals surface area contributed by atoms with E-state index in [1.165, 1.54) is 18.4 Å². The van der Waals surface area contributed by atoms with Crippen molar-refractivity contribution in [3.63, 3.8) is 0 Å². The molecule has 1 heterocycles. The smallest absolute Gasteiger partial charge is 0.135 e. The summed E-state index contributed by atoms with van der Waals surface area (Å²) in [6.07, 6.45) is 1.67. The molecule has 0 bridgehead atoms. The second kappa shape index (κ2) is 3.88. The van der Waals surface area contributed by atoms with Crippen LogP contribution in [0.15, 0.2) is 29.3 Å². The molecule has 0 amide bonds. The average Bonchev–Trinajstić information content (AvgIpc) is 2.17. The first-order valence-electron chi connectivity index (χ1n) is 4.50. The Kier molecular flexibility index (Phi) is 2.58. The van der Waals surface area contributed by atoms with Gasteiger partial charge in [-0.2, -0.15) is 0 Å². The van der Waals surface area contributed by atoms with Gasteiger partial charge in [0.25, 0.3) is 0 Å². The summed E-state index contributed by atoms with van der Waals surface area (Å²) in [6, 6.07) is 3.13. The highest BCUT2D eigenvalue weighted by Crippen LogP contribution is 2.24. The Balaban J connectivity index is 2.41. The molecule has 2 rings (SSSR count). The van der Waals surface area contributed by atoms with Gasteiger partial charge in [0.2, 0.25) is 0 Å². The molecule has 1 aromatic carbocycles. The van der Waals surface area contributed by atoms with Crippen molar-refractivity contribution in [2.75, 3.05) is 0 Å². The Morgan fingerprint density at radius 3 is 2.73 bits per heavy atom. The predicted molar refractivity (Wildman–Crippen MR) is 52.3 cm³/mol. The highest BCUT2D eigenvalue weighted by atomic mass is 19.1. The fourth-order valence-corrected chi connectivity index (χ4v) is 1.39. The molecule has 1 unspecified atom stereocenters. The molecule has 1 aliphatic heterocycles. The molecule has 0 aromatic heterocycles. The largest absolute Gasteiger partial charge is 0.261 e. The van der Waals surface area contributed by atoms with E-state index in [9.17, 15) is 13.2 Å². The Bertz CT molecular complexity index is 437. The molecule has 1 aliphatic rings. The van der Waals surface area contributed by atoms with Crippen molar-refractivity contribution in [2.45, 2.75) is 12.6 Å². The fraction of sp³-hybridized carbons (Fsp3) is 0.182. The standard InChI is InChI=1S/C11H8F3N/c12-7-1-2-9(10(14)5-7)11-6-8(13)3-4-15-11/h1-2,4-6,8H,3H2. The molecule has 0 N–H and O–H groups in total. The van der Waals surface area contributed by atoms with E-state index in [4.69, 9.17) is 0 Å². The zero-order valence-corrected chi connectivity index (χ0v) is 7.75. The first kappa shape index (κ1) is 9.96. The second-order valence-corrected chi connectivity index (χ2v) is 3.24. The van der Waals surface area contributed by atoms with Crippen LogP contribution >= 0.6 is 0 Å². The minimum atomic E-state index is -1.15. The number of halogens is 3. The van der Waals surface area contributed by atoms with E-state index in [1.54, 1.807) is 0 Å². The number of hydrogen-bond donors (Lipinski definition) is 0. The van der Waals surface area contributed by atoms with Gasteiger partial charge in [0.15, 0.2) is 0 Å². The van der Waals surface area contributed by atoms with Gasteiger partial charge >= 0.3 is 0 Å². The van der Waals surface area contributed by atoms with Crippen molar-refractivity contribution in [1.29, 1.82) is 0 Å². The lowest BCUT2D eigenvalue weighted by atomic mass is 10.1. The van der Waals surface area contributed by atoms with Gasteiger partial charge in [-0.25, -0.2) is 13.2 Å². The van der Waals surface area contributed by atoms with Crippen molar-refractivity contribution in [3.05, 3.63) is 41.5 Å². The predicted octanol–water partition coefficient (Wildman–Crippen LogP) is 3.12. The Morgan fingerprint density at radius 1 is 1.27 bits per heavy atom. The summed E-state index contributed by atoms with van der Waals surface area (Å²) in [5, 5.41) is 0. The summed E-state index contributed by atoms with van der Waals surface area (Å²) >= 11 is 0. The molecule has 0 saturated heterocycles. The number of allylic oxidation sites excluding steroid dienone is 1. The number of nitrogens with zero attached hydrogens (tertiary/aromatic N) is 1. The van der Waals surface area contributed by atoms with Gasteiger partial charge in [0.05, 0.1) is 5.70 Å². The van der Waals surface area contributed by atoms with Crippen LogP contribution in [0.5, 0.6) is 0 Å². The average molecular weight is 211 g/mol. The second-order valence-electron chi connectivity index (χ2n) is 3.24. The van der Waals surface area contributed by atoms with E-state index < -0.39 is 17.8 Å². The lowest BCUT2D eigenvalue weighted by Crippen LogP contribution is -2.03. The highest BCUT2D eigenvalue weighted by Gasteiger charge is 2.13. The third kappa shape index (κ3) is 2.09. The molecule has 0 saturated carbocycles. The monoisotopic (exact) mass is 211 g/mol. The van der Waals surface area contributed by atoms with Gasteiger partial charge in [-0.15, -0.1) is 0 Å². The number of benzene rings is 1. The number of hydrogen-bond acceptors (Lipinski definition) is 1. The van der Waals surface area contributed by atoms with Gasteiger partial charge < -0.3 is 0 Å². The van der Waals surface area contributed by atoms with Crippen LogP contribution in [-0.2, 0) is 0 Å². The number of alkyl halides is 1. The van der Waals surface area contributed by atoms with E-state index in [0.717, 1.165) is 12.1 Å². The van der Waals surface area contributed by atoms with E-state index in [2.05, 4.69) is 4.99 Å².